The number of hydrogen-bond donors (Lipinski definition) is 0. The van der Waals surface area contributed by atoms with E-state index in [0.717, 1.165) is 36.2 Å². The Kier molecular flexibility index (Phi) is 5.69. The Bertz CT molecular complexity index is 1030. The van der Waals surface area contributed by atoms with Crippen LogP contribution in [0.15, 0.2) is 57.7 Å². The number of rotatable bonds is 7. The first-order chi connectivity index (χ1) is 14.2. The topological polar surface area (TPSA) is 64.7 Å². The smallest absolute Gasteiger partial charge is 0.419 e. The van der Waals surface area contributed by atoms with Gasteiger partial charge in [-0.2, -0.15) is 0 Å². The van der Waals surface area contributed by atoms with Crippen LogP contribution in [0, 0.1) is 0 Å². The Morgan fingerprint density at radius 3 is 2.76 bits per heavy atom. The number of benzene rings is 2. The van der Waals surface area contributed by atoms with Crippen molar-refractivity contribution >= 4 is 17.0 Å². The highest BCUT2D eigenvalue weighted by Gasteiger charge is 2.29. The molecule has 0 N–H and O–H groups in total. The van der Waals surface area contributed by atoms with E-state index in [0.29, 0.717) is 31.6 Å². The average molecular weight is 394 g/mol. The minimum absolute atomic E-state index is 0.121. The molecule has 3 aromatic rings. The number of ether oxygens (including phenoxy) is 1. The van der Waals surface area contributed by atoms with Crippen molar-refractivity contribution in [2.45, 2.75) is 45.2 Å². The van der Waals surface area contributed by atoms with Crippen molar-refractivity contribution in [2.24, 2.45) is 0 Å². The van der Waals surface area contributed by atoms with E-state index in [-0.39, 0.29) is 17.7 Å². The van der Waals surface area contributed by atoms with Gasteiger partial charge in [0.25, 0.3) is 0 Å². The highest BCUT2D eigenvalue weighted by atomic mass is 16.5. The van der Waals surface area contributed by atoms with E-state index in [4.69, 9.17) is 9.15 Å². The number of carbonyl (C=O) groups is 1. The van der Waals surface area contributed by atoms with E-state index in [1.807, 2.05) is 42.2 Å². The lowest BCUT2D eigenvalue weighted by Crippen LogP contribution is -2.30. The number of para-hydroxylation sites is 2. The zero-order chi connectivity index (χ0) is 20.2. The van der Waals surface area contributed by atoms with Crippen LogP contribution in [0.25, 0.3) is 11.1 Å². The molecule has 1 aliphatic rings. The molecule has 4 rings (SSSR count). The largest absolute Gasteiger partial charge is 0.494 e. The fraction of sp³-hybridized carbons (Fsp3) is 0.391. The second-order valence-corrected chi connectivity index (χ2v) is 7.34. The molecule has 1 fully saturated rings. The molecule has 152 valence electrons. The summed E-state index contributed by atoms with van der Waals surface area (Å²) in [5.74, 6) is 0.624. The first-order valence-corrected chi connectivity index (χ1v) is 10.3. The summed E-state index contributed by atoms with van der Waals surface area (Å²) in [5.41, 5.74) is 2.51. The van der Waals surface area contributed by atoms with E-state index < -0.39 is 0 Å². The van der Waals surface area contributed by atoms with Gasteiger partial charge in [-0.15, -0.1) is 0 Å². The van der Waals surface area contributed by atoms with E-state index >= 15 is 0 Å². The normalized spacial score (nSPS) is 16.4. The number of oxazole rings is 1. The average Bonchev–Trinajstić information content (AvgIpc) is 3.34. The van der Waals surface area contributed by atoms with Gasteiger partial charge in [0.2, 0.25) is 5.91 Å². The molecule has 1 aliphatic heterocycles. The number of amides is 1. The summed E-state index contributed by atoms with van der Waals surface area (Å²) in [4.78, 5) is 26.9. The lowest BCUT2D eigenvalue weighted by Gasteiger charge is -2.25. The molecule has 2 heterocycles. The number of carbonyl (C=O) groups excluding carboxylic acids is 1. The molecule has 0 unspecified atom stereocenters. The van der Waals surface area contributed by atoms with Crippen molar-refractivity contribution < 1.29 is 13.9 Å². The van der Waals surface area contributed by atoms with Crippen molar-refractivity contribution in [1.82, 2.24) is 9.47 Å². The zero-order valence-corrected chi connectivity index (χ0v) is 16.7. The maximum absolute atomic E-state index is 12.9. The third kappa shape index (κ3) is 4.06. The molecule has 1 saturated heterocycles. The number of aromatic nitrogens is 1. The van der Waals surface area contributed by atoms with E-state index in [1.54, 1.807) is 10.6 Å². The summed E-state index contributed by atoms with van der Waals surface area (Å²) >= 11 is 0. The quantitative estimate of drug-likeness (QED) is 0.604. The highest BCUT2D eigenvalue weighted by Crippen LogP contribution is 2.33. The number of hydrogen-bond acceptors (Lipinski definition) is 4. The second-order valence-electron chi connectivity index (χ2n) is 7.34. The summed E-state index contributed by atoms with van der Waals surface area (Å²) in [6.07, 6.45) is 3.01. The molecular weight excluding hydrogens is 368 g/mol. The Morgan fingerprint density at radius 2 is 1.97 bits per heavy atom. The summed E-state index contributed by atoms with van der Waals surface area (Å²) in [5, 5.41) is 0. The Balaban J connectivity index is 1.38. The van der Waals surface area contributed by atoms with Crippen LogP contribution in [0.2, 0.25) is 0 Å². The maximum atomic E-state index is 12.9. The first-order valence-electron chi connectivity index (χ1n) is 10.3. The lowest BCUT2D eigenvalue weighted by atomic mass is 10.0. The summed E-state index contributed by atoms with van der Waals surface area (Å²) in [7, 11) is 0. The number of fused-ring (bicyclic) bond motifs is 1. The second kappa shape index (κ2) is 8.55. The van der Waals surface area contributed by atoms with Gasteiger partial charge in [0.1, 0.15) is 5.75 Å². The van der Waals surface area contributed by atoms with Gasteiger partial charge in [-0.05, 0) is 56.0 Å². The minimum Gasteiger partial charge on any atom is -0.494 e. The number of aryl methyl sites for hydroxylation is 1. The van der Waals surface area contributed by atoms with Gasteiger partial charge in [0, 0.05) is 19.5 Å². The molecule has 1 atom stereocenters. The van der Waals surface area contributed by atoms with Crippen LogP contribution in [0.1, 0.15) is 44.2 Å². The highest BCUT2D eigenvalue weighted by molar-refractivity contribution is 5.77. The van der Waals surface area contributed by atoms with Crippen molar-refractivity contribution in [3.63, 3.8) is 0 Å². The van der Waals surface area contributed by atoms with Gasteiger partial charge < -0.3 is 14.1 Å². The minimum atomic E-state index is -0.368. The third-order valence-electron chi connectivity index (χ3n) is 5.50. The van der Waals surface area contributed by atoms with Gasteiger partial charge in [-0.1, -0.05) is 24.3 Å². The molecule has 6 nitrogen and oxygen atoms in total. The van der Waals surface area contributed by atoms with Gasteiger partial charge in [-0.25, -0.2) is 4.79 Å². The zero-order valence-electron chi connectivity index (χ0n) is 16.7. The Labute approximate surface area is 169 Å². The SMILES string of the molecule is CCOc1ccc([C@@H]2CCCN2C(=O)CCCn2c(=O)oc3ccccc32)cc1. The van der Waals surface area contributed by atoms with Crippen LogP contribution >= 0.6 is 0 Å². The third-order valence-corrected chi connectivity index (χ3v) is 5.50. The van der Waals surface area contributed by atoms with Crippen molar-refractivity contribution in [1.29, 1.82) is 0 Å². The number of nitrogens with zero attached hydrogens (tertiary/aromatic N) is 2. The van der Waals surface area contributed by atoms with Gasteiger partial charge in [0.05, 0.1) is 18.2 Å². The van der Waals surface area contributed by atoms with Crippen LogP contribution < -0.4 is 10.5 Å². The van der Waals surface area contributed by atoms with Crippen LogP contribution in [0.3, 0.4) is 0 Å². The van der Waals surface area contributed by atoms with Crippen LogP contribution in [-0.2, 0) is 11.3 Å². The molecule has 0 radical (unpaired) electrons. The molecule has 0 aliphatic carbocycles. The molecule has 6 heteroatoms. The lowest BCUT2D eigenvalue weighted by molar-refractivity contribution is -0.132. The Hall–Kier alpha value is -3.02. The molecule has 0 bridgehead atoms. The molecule has 2 aromatic carbocycles. The molecule has 1 aromatic heterocycles. The van der Waals surface area contributed by atoms with Crippen LogP contribution in [0.4, 0.5) is 0 Å². The van der Waals surface area contributed by atoms with Gasteiger partial charge in [-0.3, -0.25) is 9.36 Å². The summed E-state index contributed by atoms with van der Waals surface area (Å²) in [6, 6.07) is 15.5. The van der Waals surface area contributed by atoms with Gasteiger partial charge >= 0.3 is 5.76 Å². The Morgan fingerprint density at radius 1 is 1.17 bits per heavy atom. The summed E-state index contributed by atoms with van der Waals surface area (Å²) in [6.45, 7) is 3.86. The fourth-order valence-electron chi connectivity index (χ4n) is 4.12. The van der Waals surface area contributed by atoms with Crippen molar-refractivity contribution in [2.75, 3.05) is 13.2 Å². The predicted molar refractivity (Wildman–Crippen MR) is 111 cm³/mol. The molecule has 1 amide bonds. The molecular formula is C23H26N2O4. The van der Waals surface area contributed by atoms with Gasteiger partial charge in [0.15, 0.2) is 5.58 Å². The molecule has 0 saturated carbocycles. The predicted octanol–water partition coefficient (Wildman–Crippen LogP) is 4.14. The summed E-state index contributed by atoms with van der Waals surface area (Å²) < 4.78 is 12.4. The fourth-order valence-corrected chi connectivity index (χ4v) is 4.12. The monoisotopic (exact) mass is 394 g/mol. The maximum Gasteiger partial charge on any atom is 0.419 e. The molecule has 29 heavy (non-hydrogen) atoms. The van der Waals surface area contributed by atoms with Crippen molar-refractivity contribution in [3.05, 3.63) is 64.6 Å². The van der Waals surface area contributed by atoms with Crippen LogP contribution in [0.5, 0.6) is 5.75 Å². The molecule has 0 spiro atoms. The number of likely N-dealkylation sites (tertiary alicyclic amines) is 1. The van der Waals surface area contributed by atoms with E-state index in [2.05, 4.69) is 12.1 Å². The first kappa shape index (κ1) is 19.3. The van der Waals surface area contributed by atoms with E-state index in [9.17, 15) is 9.59 Å². The van der Waals surface area contributed by atoms with Crippen molar-refractivity contribution in [3.8, 4) is 5.75 Å². The van der Waals surface area contributed by atoms with Crippen LogP contribution in [-0.4, -0.2) is 28.5 Å². The van der Waals surface area contributed by atoms with E-state index in [1.165, 1.54) is 0 Å². The standard InChI is InChI=1S/C23H26N2O4/c1-2-28-18-13-11-17(12-14-18)19-8-5-15-24(19)22(26)10-6-16-25-20-7-3-4-9-21(20)29-23(25)27/h3-4,7,9,11-14,19H,2,5-6,8,10,15-16H2,1H3/t19-/m0/s1.